The van der Waals surface area contributed by atoms with Crippen molar-refractivity contribution in [3.63, 3.8) is 0 Å². The molecule has 6 rings (SSSR count). The van der Waals surface area contributed by atoms with E-state index in [1.165, 1.54) is 11.0 Å². The molecule has 12 heteroatoms. The van der Waals surface area contributed by atoms with E-state index < -0.39 is 23.2 Å². The van der Waals surface area contributed by atoms with Crippen LogP contribution in [0, 0.1) is 10.1 Å². The Labute approximate surface area is 277 Å². The predicted molar refractivity (Wildman–Crippen MR) is 176 cm³/mol. The molecule has 2 fully saturated rings. The Kier molecular flexibility index (Phi) is 10.5. The summed E-state index contributed by atoms with van der Waals surface area (Å²) < 4.78 is 35.4. The molecular weight excluding hydrogens is 620 g/mol. The third-order valence-corrected chi connectivity index (χ3v) is 8.48. The minimum Gasteiger partial charge on any atom is -0.496 e. The van der Waals surface area contributed by atoms with Gasteiger partial charge in [-0.1, -0.05) is 48.5 Å². The third-order valence-electron chi connectivity index (χ3n) is 8.48. The van der Waals surface area contributed by atoms with Gasteiger partial charge < -0.3 is 38.4 Å². The van der Waals surface area contributed by atoms with Gasteiger partial charge in [0, 0.05) is 23.8 Å². The smallest absolute Gasteiger partial charge is 0.407 e. The van der Waals surface area contributed by atoms with Gasteiger partial charge in [-0.3, -0.25) is 10.1 Å². The molecule has 48 heavy (non-hydrogen) atoms. The molecule has 4 aromatic carbocycles. The molecule has 4 aromatic rings. The lowest BCUT2D eigenvalue weighted by molar-refractivity contribution is -0.385. The van der Waals surface area contributed by atoms with Crippen LogP contribution in [-0.4, -0.2) is 86.0 Å². The van der Waals surface area contributed by atoms with E-state index in [0.717, 1.165) is 27.6 Å². The van der Waals surface area contributed by atoms with Gasteiger partial charge in [0.15, 0.2) is 5.75 Å². The topological polar surface area (TPSA) is 142 Å². The van der Waals surface area contributed by atoms with Crippen LogP contribution >= 0.6 is 0 Å². The molecule has 2 saturated heterocycles. The van der Waals surface area contributed by atoms with E-state index in [-0.39, 0.29) is 49.8 Å². The molecule has 12 nitrogen and oxygen atoms in total. The summed E-state index contributed by atoms with van der Waals surface area (Å²) in [5, 5.41) is 23.2. The number of nitro groups is 1. The van der Waals surface area contributed by atoms with Gasteiger partial charge in [-0.2, -0.15) is 0 Å². The zero-order chi connectivity index (χ0) is 33.5. The number of fused-ring (bicyclic) bond motifs is 1. The van der Waals surface area contributed by atoms with Gasteiger partial charge >= 0.3 is 11.8 Å². The Morgan fingerprint density at radius 3 is 2.38 bits per heavy atom. The zero-order valence-electron chi connectivity index (χ0n) is 26.6. The van der Waals surface area contributed by atoms with Crippen molar-refractivity contribution < 1.29 is 43.2 Å². The third kappa shape index (κ3) is 8.14. The Bertz CT molecular complexity index is 1710. The molecule has 0 radical (unpaired) electrons. The number of likely N-dealkylation sites (tertiary alicyclic amines) is 1. The first kappa shape index (κ1) is 33.0. The second-order valence-corrected chi connectivity index (χ2v) is 11.8. The first-order valence-electron chi connectivity index (χ1n) is 15.9. The van der Waals surface area contributed by atoms with Crippen LogP contribution in [0.15, 0.2) is 84.9 Å². The molecule has 0 aromatic heterocycles. The van der Waals surface area contributed by atoms with Crippen LogP contribution in [0.4, 0.5) is 10.5 Å². The Hall–Kier alpha value is -4.91. The number of methoxy groups -OCH3 is 1. The highest BCUT2D eigenvalue weighted by Gasteiger charge is 2.42. The summed E-state index contributed by atoms with van der Waals surface area (Å²) in [6.45, 7) is 2.25. The lowest BCUT2D eigenvalue weighted by Crippen LogP contribution is -2.54. The number of amides is 1. The average Bonchev–Trinajstić information content (AvgIpc) is 3.94. The van der Waals surface area contributed by atoms with Crippen LogP contribution in [-0.2, 0) is 20.8 Å². The Morgan fingerprint density at radius 2 is 1.65 bits per heavy atom. The fraction of sp³-hybridized carbons (Fsp3) is 0.361. The summed E-state index contributed by atoms with van der Waals surface area (Å²) in [6, 6.07) is 25.9. The van der Waals surface area contributed by atoms with E-state index in [4.69, 9.17) is 28.4 Å². The number of ether oxygens (including phenoxy) is 6. The van der Waals surface area contributed by atoms with E-state index >= 15 is 0 Å². The van der Waals surface area contributed by atoms with Gasteiger partial charge in [-0.05, 0) is 46.8 Å². The van der Waals surface area contributed by atoms with Crippen LogP contribution in [0.5, 0.6) is 17.2 Å². The van der Waals surface area contributed by atoms with Crippen molar-refractivity contribution in [1.82, 2.24) is 4.90 Å². The summed E-state index contributed by atoms with van der Waals surface area (Å²) >= 11 is 0. The lowest BCUT2D eigenvalue weighted by atomic mass is 9.84. The second kappa shape index (κ2) is 15.3. The van der Waals surface area contributed by atoms with Gasteiger partial charge in [-0.15, -0.1) is 0 Å². The van der Waals surface area contributed by atoms with E-state index in [9.17, 15) is 20.0 Å². The SMILES string of the molecule is COc1cc(CO[C@H]2CN(C(=O)O)C[C@@H](OC[C@H]3CO3)[C@@H]2c2ccc(OCCCOc3ccccc3[N+](=O)[O-])cc2)cc2ccccc12. The van der Waals surface area contributed by atoms with Gasteiger partial charge in [0.1, 0.15) is 17.6 Å². The number of piperidine rings is 1. The molecule has 252 valence electrons. The van der Waals surface area contributed by atoms with Crippen LogP contribution in [0.1, 0.15) is 23.5 Å². The largest absolute Gasteiger partial charge is 0.496 e. The predicted octanol–water partition coefficient (Wildman–Crippen LogP) is 6.05. The van der Waals surface area contributed by atoms with Gasteiger partial charge in [0.05, 0.1) is 70.4 Å². The molecule has 1 N–H and O–H groups in total. The molecule has 1 amide bonds. The maximum absolute atomic E-state index is 12.2. The van der Waals surface area contributed by atoms with Gasteiger partial charge in [0.25, 0.3) is 0 Å². The molecule has 2 heterocycles. The second-order valence-electron chi connectivity index (χ2n) is 11.8. The molecule has 0 spiro atoms. The van der Waals surface area contributed by atoms with Crippen molar-refractivity contribution in [2.45, 2.75) is 37.3 Å². The average molecular weight is 659 g/mol. The van der Waals surface area contributed by atoms with Crippen LogP contribution < -0.4 is 14.2 Å². The normalized spacial score (nSPS) is 20.3. The number of nitrogens with zero attached hydrogens (tertiary/aromatic N) is 2. The molecule has 2 aliphatic heterocycles. The van der Waals surface area contributed by atoms with Crippen molar-refractivity contribution in [3.8, 4) is 17.2 Å². The highest BCUT2D eigenvalue weighted by molar-refractivity contribution is 5.89. The number of hydrogen-bond acceptors (Lipinski definition) is 9. The number of carbonyl (C=O) groups is 1. The molecule has 4 atom stereocenters. The standard InChI is InChI=1S/C36H38N2O10/c1-43-32-18-24(17-26-7-2-3-8-29(26)32)21-47-33-19-37(36(39)40)20-34(48-23-28-22-46-28)35(33)25-11-13-27(14-12-25)44-15-6-16-45-31-10-5-4-9-30(31)38(41)42/h2-5,7-14,17-18,28,33-35H,6,15-16,19-23H2,1H3,(H,39,40)/t28-,33+,34-,35-/m1/s1. The summed E-state index contributed by atoms with van der Waals surface area (Å²) in [5.41, 5.74) is 1.78. The van der Waals surface area contributed by atoms with E-state index in [0.29, 0.717) is 32.0 Å². The highest BCUT2D eigenvalue weighted by Crippen LogP contribution is 2.36. The number of rotatable bonds is 15. The zero-order valence-corrected chi connectivity index (χ0v) is 26.6. The number of carboxylic acid groups (broad SMARTS) is 1. The molecule has 2 aliphatic rings. The molecule has 0 saturated carbocycles. The number of para-hydroxylation sites is 2. The van der Waals surface area contributed by atoms with E-state index in [1.54, 1.807) is 25.3 Å². The highest BCUT2D eigenvalue weighted by atomic mass is 16.6. The number of epoxide rings is 1. The molecule has 0 aliphatic carbocycles. The quantitative estimate of drug-likeness (QED) is 0.0694. The van der Waals surface area contributed by atoms with Crippen molar-refractivity contribution in [3.05, 3.63) is 106 Å². The number of benzene rings is 4. The van der Waals surface area contributed by atoms with E-state index in [2.05, 4.69) is 6.07 Å². The Balaban J connectivity index is 1.14. The first-order valence-corrected chi connectivity index (χ1v) is 15.9. The fourth-order valence-electron chi connectivity index (χ4n) is 6.01. The molecule has 0 unspecified atom stereocenters. The molecule has 0 bridgehead atoms. The van der Waals surface area contributed by atoms with Crippen molar-refractivity contribution in [1.29, 1.82) is 0 Å². The van der Waals surface area contributed by atoms with Crippen molar-refractivity contribution in [2.24, 2.45) is 0 Å². The van der Waals surface area contributed by atoms with Crippen LogP contribution in [0.3, 0.4) is 0 Å². The minimum atomic E-state index is -1.03. The maximum atomic E-state index is 12.2. The summed E-state index contributed by atoms with van der Waals surface area (Å²) in [7, 11) is 1.64. The Morgan fingerprint density at radius 1 is 0.938 bits per heavy atom. The maximum Gasteiger partial charge on any atom is 0.407 e. The molecular formula is C36H38N2O10. The van der Waals surface area contributed by atoms with Crippen molar-refractivity contribution in [2.75, 3.05) is 46.6 Å². The summed E-state index contributed by atoms with van der Waals surface area (Å²) in [5.74, 6) is 1.36. The minimum absolute atomic E-state index is 0.0167. The van der Waals surface area contributed by atoms with Crippen LogP contribution in [0.25, 0.3) is 10.8 Å². The van der Waals surface area contributed by atoms with Gasteiger partial charge in [0.2, 0.25) is 0 Å². The summed E-state index contributed by atoms with van der Waals surface area (Å²) in [6.07, 6.45) is -1.44. The van der Waals surface area contributed by atoms with Gasteiger partial charge in [-0.25, -0.2) is 4.79 Å². The van der Waals surface area contributed by atoms with Crippen LogP contribution in [0.2, 0.25) is 0 Å². The number of nitro benzene ring substituents is 1. The number of hydrogen-bond donors (Lipinski definition) is 1. The first-order chi connectivity index (χ1) is 23.4. The van der Waals surface area contributed by atoms with E-state index in [1.807, 2.05) is 54.6 Å². The monoisotopic (exact) mass is 658 g/mol. The van der Waals surface area contributed by atoms with Crippen molar-refractivity contribution >= 4 is 22.6 Å². The summed E-state index contributed by atoms with van der Waals surface area (Å²) in [4.78, 5) is 24.3. The lowest BCUT2D eigenvalue weighted by Gasteiger charge is -2.42. The fourth-order valence-corrected chi connectivity index (χ4v) is 6.01.